The zero-order valence-corrected chi connectivity index (χ0v) is 11.7. The van der Waals surface area contributed by atoms with Gasteiger partial charge >= 0.3 is 0 Å². The zero-order chi connectivity index (χ0) is 13.9. The molecule has 2 rings (SSSR count). The van der Waals surface area contributed by atoms with Crippen LogP contribution in [0.5, 0.6) is 5.75 Å². The van der Waals surface area contributed by atoms with E-state index in [0.717, 1.165) is 11.5 Å². The molecule has 3 N–H and O–H groups in total. The van der Waals surface area contributed by atoms with Gasteiger partial charge in [-0.3, -0.25) is 4.72 Å². The molecular weight excluding hydrogens is 288 g/mol. The molecule has 0 amide bonds. The highest BCUT2D eigenvalue weighted by atomic mass is 32.2. The Bertz CT molecular complexity index is 655. The van der Waals surface area contributed by atoms with Crippen LogP contribution in [0, 0.1) is 0 Å². The lowest BCUT2D eigenvalue weighted by Gasteiger charge is -2.11. The SMILES string of the molecule is CCOc1ccc(N)cc1S(=O)(=O)Nc1cnns1. The average Bonchev–Trinajstić information content (AvgIpc) is 2.83. The molecule has 0 atom stereocenters. The molecule has 7 nitrogen and oxygen atoms in total. The summed E-state index contributed by atoms with van der Waals surface area (Å²) in [7, 11) is -3.78. The molecule has 1 aromatic carbocycles. The smallest absolute Gasteiger partial charge is 0.266 e. The fourth-order valence-electron chi connectivity index (χ4n) is 1.41. The van der Waals surface area contributed by atoms with Gasteiger partial charge in [0.05, 0.1) is 12.8 Å². The summed E-state index contributed by atoms with van der Waals surface area (Å²) >= 11 is 0.944. The number of nitrogen functional groups attached to an aromatic ring is 1. The minimum atomic E-state index is -3.78. The number of hydrogen-bond acceptors (Lipinski definition) is 7. The van der Waals surface area contributed by atoms with Gasteiger partial charge in [0, 0.05) is 17.2 Å². The van der Waals surface area contributed by atoms with Crippen LogP contribution in [-0.4, -0.2) is 24.6 Å². The van der Waals surface area contributed by atoms with Crippen LogP contribution in [-0.2, 0) is 10.0 Å². The highest BCUT2D eigenvalue weighted by Crippen LogP contribution is 2.28. The quantitative estimate of drug-likeness (QED) is 0.806. The molecule has 102 valence electrons. The molecule has 19 heavy (non-hydrogen) atoms. The van der Waals surface area contributed by atoms with Gasteiger partial charge in [0.2, 0.25) is 0 Å². The van der Waals surface area contributed by atoms with E-state index < -0.39 is 10.0 Å². The Morgan fingerprint density at radius 2 is 2.26 bits per heavy atom. The first-order valence-electron chi connectivity index (χ1n) is 5.35. The zero-order valence-electron chi connectivity index (χ0n) is 10.0. The van der Waals surface area contributed by atoms with Gasteiger partial charge in [-0.15, -0.1) is 5.10 Å². The normalized spacial score (nSPS) is 11.2. The van der Waals surface area contributed by atoms with Crippen molar-refractivity contribution < 1.29 is 13.2 Å². The third-order valence-corrected chi connectivity index (χ3v) is 4.25. The van der Waals surface area contributed by atoms with Gasteiger partial charge < -0.3 is 10.5 Å². The molecule has 0 aliphatic heterocycles. The van der Waals surface area contributed by atoms with Crippen molar-refractivity contribution in [3.63, 3.8) is 0 Å². The van der Waals surface area contributed by atoms with E-state index >= 15 is 0 Å². The summed E-state index contributed by atoms with van der Waals surface area (Å²) in [5.74, 6) is 0.252. The van der Waals surface area contributed by atoms with Crippen molar-refractivity contribution in [1.29, 1.82) is 0 Å². The Hall–Kier alpha value is -1.87. The molecule has 0 unspecified atom stereocenters. The van der Waals surface area contributed by atoms with Gasteiger partial charge in [0.25, 0.3) is 10.0 Å². The second kappa shape index (κ2) is 5.41. The fourth-order valence-corrected chi connectivity index (χ4v) is 3.27. The number of benzene rings is 1. The van der Waals surface area contributed by atoms with E-state index in [1.54, 1.807) is 13.0 Å². The van der Waals surface area contributed by atoms with Crippen molar-refractivity contribution in [2.45, 2.75) is 11.8 Å². The minimum Gasteiger partial charge on any atom is -0.492 e. The second-order valence-corrected chi connectivity index (χ2v) is 5.96. The molecule has 0 aliphatic carbocycles. The maximum Gasteiger partial charge on any atom is 0.266 e. The van der Waals surface area contributed by atoms with Crippen LogP contribution in [0.2, 0.25) is 0 Å². The Morgan fingerprint density at radius 1 is 1.47 bits per heavy atom. The van der Waals surface area contributed by atoms with Crippen LogP contribution in [0.3, 0.4) is 0 Å². The highest BCUT2D eigenvalue weighted by Gasteiger charge is 2.21. The van der Waals surface area contributed by atoms with Crippen LogP contribution in [0.15, 0.2) is 29.3 Å². The summed E-state index contributed by atoms with van der Waals surface area (Å²) in [5, 5.41) is 3.89. The summed E-state index contributed by atoms with van der Waals surface area (Å²) in [6.45, 7) is 2.13. The molecule has 1 aromatic heterocycles. The predicted octanol–water partition coefficient (Wildman–Crippen LogP) is 1.32. The monoisotopic (exact) mass is 300 g/mol. The molecule has 1 heterocycles. The molecule has 0 saturated heterocycles. The van der Waals surface area contributed by atoms with Gasteiger partial charge in [-0.2, -0.15) is 0 Å². The molecule has 0 fully saturated rings. The van der Waals surface area contributed by atoms with Crippen LogP contribution in [0.4, 0.5) is 10.7 Å². The molecule has 9 heteroatoms. The van der Waals surface area contributed by atoms with E-state index in [2.05, 4.69) is 14.3 Å². The Labute approximate surface area is 114 Å². The Morgan fingerprint density at radius 3 is 2.89 bits per heavy atom. The lowest BCUT2D eigenvalue weighted by Crippen LogP contribution is -2.14. The van der Waals surface area contributed by atoms with Gasteiger partial charge in [0.15, 0.2) is 0 Å². The number of nitrogens with one attached hydrogen (secondary N) is 1. The highest BCUT2D eigenvalue weighted by molar-refractivity contribution is 7.93. The average molecular weight is 300 g/mol. The van der Waals surface area contributed by atoms with E-state index in [4.69, 9.17) is 10.5 Å². The number of hydrogen-bond donors (Lipinski definition) is 2. The van der Waals surface area contributed by atoms with Crippen LogP contribution >= 0.6 is 11.5 Å². The second-order valence-electron chi connectivity index (χ2n) is 3.53. The number of rotatable bonds is 5. The maximum atomic E-state index is 12.3. The summed E-state index contributed by atoms with van der Waals surface area (Å²) in [6, 6.07) is 4.46. The third kappa shape index (κ3) is 3.12. The maximum absolute atomic E-state index is 12.3. The number of ether oxygens (including phenoxy) is 1. The summed E-state index contributed by atoms with van der Waals surface area (Å²) < 4.78 is 35.8. The lowest BCUT2D eigenvalue weighted by atomic mass is 10.3. The van der Waals surface area contributed by atoms with E-state index in [-0.39, 0.29) is 10.6 Å². The first-order chi connectivity index (χ1) is 9.03. The van der Waals surface area contributed by atoms with Crippen molar-refractivity contribution in [1.82, 2.24) is 9.59 Å². The third-order valence-electron chi connectivity index (χ3n) is 2.15. The summed E-state index contributed by atoms with van der Waals surface area (Å²) in [5.41, 5.74) is 5.96. The van der Waals surface area contributed by atoms with Crippen molar-refractivity contribution >= 4 is 32.2 Å². The Balaban J connectivity index is 2.41. The molecular formula is C10H12N4O3S2. The van der Waals surface area contributed by atoms with Crippen molar-refractivity contribution in [2.75, 3.05) is 17.1 Å². The van der Waals surface area contributed by atoms with Crippen molar-refractivity contribution in [3.8, 4) is 5.75 Å². The van der Waals surface area contributed by atoms with Gasteiger partial charge in [-0.25, -0.2) is 8.42 Å². The van der Waals surface area contributed by atoms with E-state index in [1.807, 2.05) is 0 Å². The van der Waals surface area contributed by atoms with E-state index in [0.29, 0.717) is 17.3 Å². The molecule has 0 bridgehead atoms. The van der Waals surface area contributed by atoms with Crippen LogP contribution < -0.4 is 15.2 Å². The van der Waals surface area contributed by atoms with Gasteiger partial charge in [0.1, 0.15) is 15.6 Å². The molecule has 0 spiro atoms. The topological polar surface area (TPSA) is 107 Å². The number of nitrogens with zero attached hydrogens (tertiary/aromatic N) is 2. The molecule has 0 saturated carbocycles. The number of sulfonamides is 1. The van der Waals surface area contributed by atoms with Crippen LogP contribution in [0.1, 0.15) is 6.92 Å². The van der Waals surface area contributed by atoms with E-state index in [1.165, 1.54) is 18.3 Å². The van der Waals surface area contributed by atoms with Crippen LogP contribution in [0.25, 0.3) is 0 Å². The Kier molecular flexibility index (Phi) is 3.86. The van der Waals surface area contributed by atoms with Gasteiger partial charge in [-0.05, 0) is 25.1 Å². The largest absolute Gasteiger partial charge is 0.492 e. The van der Waals surface area contributed by atoms with Gasteiger partial charge in [-0.1, -0.05) is 4.49 Å². The first-order valence-corrected chi connectivity index (χ1v) is 7.61. The van der Waals surface area contributed by atoms with E-state index in [9.17, 15) is 8.42 Å². The molecule has 0 aliphatic rings. The summed E-state index contributed by atoms with van der Waals surface area (Å²) in [6.07, 6.45) is 1.33. The minimum absolute atomic E-state index is 0.0113. The molecule has 2 aromatic rings. The lowest BCUT2D eigenvalue weighted by molar-refractivity contribution is 0.331. The fraction of sp³-hybridized carbons (Fsp3) is 0.200. The number of aromatic nitrogens is 2. The standard InChI is InChI=1S/C10H12N4O3S2/c1-2-17-8-4-3-7(11)5-9(8)19(15,16)13-10-6-12-14-18-10/h3-6,13H,2,11H2,1H3. The summed E-state index contributed by atoms with van der Waals surface area (Å²) in [4.78, 5) is -0.0113. The number of anilines is 2. The molecule has 0 radical (unpaired) electrons. The van der Waals surface area contributed by atoms with Crippen molar-refractivity contribution in [2.24, 2.45) is 0 Å². The first kappa shape index (κ1) is 13.6. The predicted molar refractivity (Wildman–Crippen MR) is 72.7 cm³/mol. The van der Waals surface area contributed by atoms with Crippen molar-refractivity contribution in [3.05, 3.63) is 24.4 Å². The number of nitrogens with two attached hydrogens (primary N) is 1.